The van der Waals surface area contributed by atoms with Crippen molar-refractivity contribution in [3.8, 4) is 11.3 Å². The second-order valence-electron chi connectivity index (χ2n) is 3.27. The van der Waals surface area contributed by atoms with Gasteiger partial charge < -0.3 is 4.57 Å². The molecule has 0 aliphatic rings. The lowest BCUT2D eigenvalue weighted by atomic mass is 10.2. The molecule has 0 saturated carbocycles. The van der Waals surface area contributed by atoms with Crippen molar-refractivity contribution in [1.29, 1.82) is 0 Å². The molecule has 0 atom stereocenters. The largest absolute Gasteiger partial charge is 0.312 e. The highest BCUT2D eigenvalue weighted by Crippen LogP contribution is 2.19. The smallest absolute Gasteiger partial charge is 0.190 e. The fourth-order valence-electron chi connectivity index (χ4n) is 1.40. The first-order valence-corrected chi connectivity index (χ1v) is 6.40. The van der Waals surface area contributed by atoms with E-state index in [2.05, 4.69) is 10.2 Å². The second kappa shape index (κ2) is 4.76. The predicted octanol–water partition coefficient (Wildman–Crippen LogP) is 2.93. The van der Waals surface area contributed by atoms with Crippen LogP contribution in [0.5, 0.6) is 0 Å². The van der Waals surface area contributed by atoms with Crippen LogP contribution in [0.4, 0.5) is 0 Å². The Morgan fingerprint density at radius 1 is 1.19 bits per heavy atom. The maximum Gasteiger partial charge on any atom is 0.190 e. The first kappa shape index (κ1) is 11.3. The summed E-state index contributed by atoms with van der Waals surface area (Å²) in [4.78, 5) is 0. The van der Waals surface area contributed by atoms with Gasteiger partial charge in [-0.05, 0) is 6.26 Å². The third-order valence-electron chi connectivity index (χ3n) is 2.26. The van der Waals surface area contributed by atoms with Gasteiger partial charge in [-0.15, -0.1) is 10.2 Å². The number of nitrogens with zero attached hydrogens (tertiary/aromatic N) is 3. The molecule has 0 spiro atoms. The van der Waals surface area contributed by atoms with Crippen LogP contribution in [0.3, 0.4) is 0 Å². The zero-order valence-corrected chi connectivity index (χ0v) is 10.7. The molecular formula is C11H11N3S2. The molecule has 3 nitrogen and oxygen atoms in total. The summed E-state index contributed by atoms with van der Waals surface area (Å²) in [5.41, 5.74) is 1.76. The van der Waals surface area contributed by atoms with E-state index in [0.29, 0.717) is 4.64 Å². The van der Waals surface area contributed by atoms with Gasteiger partial charge in [-0.3, -0.25) is 0 Å². The second-order valence-corrected chi connectivity index (χ2v) is 4.43. The lowest BCUT2D eigenvalue weighted by Gasteiger charge is -2.07. The average molecular weight is 249 g/mol. The lowest BCUT2D eigenvalue weighted by Crippen LogP contribution is -2.04. The Labute approximate surface area is 104 Å². The van der Waals surface area contributed by atoms with Crippen molar-refractivity contribution in [1.82, 2.24) is 14.8 Å². The highest BCUT2D eigenvalue weighted by molar-refractivity contribution is 7.98. The Hall–Kier alpha value is -1.20. The van der Waals surface area contributed by atoms with E-state index in [1.807, 2.05) is 48.2 Å². The van der Waals surface area contributed by atoms with Crippen molar-refractivity contribution >= 4 is 24.0 Å². The van der Waals surface area contributed by atoms with Crippen LogP contribution in [-0.4, -0.2) is 21.0 Å². The van der Waals surface area contributed by atoms with Crippen LogP contribution < -0.4 is 0 Å². The first-order chi connectivity index (χ1) is 7.74. The quantitative estimate of drug-likeness (QED) is 0.605. The SMILES string of the molecule is CSc1nnc(-c2ccccc2)c(=S)n1C. The molecule has 0 amide bonds. The zero-order chi connectivity index (χ0) is 11.5. The predicted molar refractivity (Wildman–Crippen MR) is 69.1 cm³/mol. The van der Waals surface area contributed by atoms with Gasteiger partial charge in [-0.25, -0.2) is 0 Å². The highest BCUT2D eigenvalue weighted by atomic mass is 32.2. The van der Waals surface area contributed by atoms with E-state index in [4.69, 9.17) is 12.2 Å². The van der Waals surface area contributed by atoms with Gasteiger partial charge in [0.05, 0.1) is 0 Å². The summed E-state index contributed by atoms with van der Waals surface area (Å²) in [5, 5.41) is 9.15. The number of benzene rings is 1. The molecule has 2 rings (SSSR count). The molecule has 0 N–H and O–H groups in total. The van der Waals surface area contributed by atoms with Gasteiger partial charge in [0.2, 0.25) is 0 Å². The van der Waals surface area contributed by atoms with Crippen LogP contribution in [0.2, 0.25) is 0 Å². The summed E-state index contributed by atoms with van der Waals surface area (Å²) < 4.78 is 2.60. The fourth-order valence-corrected chi connectivity index (χ4v) is 2.19. The fraction of sp³-hybridized carbons (Fsp3) is 0.182. The summed E-state index contributed by atoms with van der Waals surface area (Å²) in [5.74, 6) is 0. The molecule has 16 heavy (non-hydrogen) atoms. The molecule has 0 unspecified atom stereocenters. The minimum atomic E-state index is 0.713. The van der Waals surface area contributed by atoms with E-state index in [1.54, 1.807) is 0 Å². The van der Waals surface area contributed by atoms with E-state index in [9.17, 15) is 0 Å². The number of rotatable bonds is 2. The summed E-state index contributed by atoms with van der Waals surface area (Å²) >= 11 is 6.91. The highest BCUT2D eigenvalue weighted by Gasteiger charge is 2.06. The van der Waals surface area contributed by atoms with Gasteiger partial charge >= 0.3 is 0 Å². The van der Waals surface area contributed by atoms with Crippen molar-refractivity contribution in [3.63, 3.8) is 0 Å². The molecule has 2 aromatic rings. The van der Waals surface area contributed by atoms with Crippen LogP contribution in [0.1, 0.15) is 0 Å². The number of thioether (sulfide) groups is 1. The third kappa shape index (κ3) is 2.01. The van der Waals surface area contributed by atoms with E-state index >= 15 is 0 Å². The summed E-state index contributed by atoms with van der Waals surface area (Å²) in [6.45, 7) is 0. The van der Waals surface area contributed by atoms with Gasteiger partial charge in [0.25, 0.3) is 0 Å². The van der Waals surface area contributed by atoms with Gasteiger partial charge in [0, 0.05) is 12.6 Å². The molecule has 82 valence electrons. The molecule has 0 saturated heterocycles. The lowest BCUT2D eigenvalue weighted by molar-refractivity contribution is 0.683. The van der Waals surface area contributed by atoms with Crippen LogP contribution in [-0.2, 0) is 7.05 Å². The Kier molecular flexibility index (Phi) is 3.36. The maximum atomic E-state index is 5.38. The van der Waals surface area contributed by atoms with E-state index in [0.717, 1.165) is 16.4 Å². The van der Waals surface area contributed by atoms with E-state index in [1.165, 1.54) is 11.8 Å². The molecule has 1 aromatic heterocycles. The van der Waals surface area contributed by atoms with Crippen molar-refractivity contribution in [3.05, 3.63) is 35.0 Å². The van der Waals surface area contributed by atoms with Crippen molar-refractivity contribution in [2.24, 2.45) is 7.05 Å². The zero-order valence-electron chi connectivity index (χ0n) is 9.04. The molecule has 0 aliphatic heterocycles. The molecular weight excluding hydrogens is 238 g/mol. The Bertz CT molecular complexity index is 549. The maximum absolute atomic E-state index is 5.38. The molecule has 5 heteroatoms. The van der Waals surface area contributed by atoms with Crippen LogP contribution in [0.15, 0.2) is 35.5 Å². The van der Waals surface area contributed by atoms with Crippen molar-refractivity contribution in [2.75, 3.05) is 6.26 Å². The number of hydrogen-bond acceptors (Lipinski definition) is 4. The molecule has 0 bridgehead atoms. The van der Waals surface area contributed by atoms with Crippen LogP contribution in [0.25, 0.3) is 11.3 Å². The Balaban J connectivity index is 2.61. The van der Waals surface area contributed by atoms with Gasteiger partial charge in [-0.1, -0.05) is 54.3 Å². The third-order valence-corrected chi connectivity index (χ3v) is 3.45. The van der Waals surface area contributed by atoms with Crippen molar-refractivity contribution < 1.29 is 0 Å². The molecule has 1 aromatic carbocycles. The van der Waals surface area contributed by atoms with Gasteiger partial charge in [-0.2, -0.15) is 0 Å². The van der Waals surface area contributed by atoms with E-state index < -0.39 is 0 Å². The Morgan fingerprint density at radius 3 is 2.50 bits per heavy atom. The minimum absolute atomic E-state index is 0.713. The number of hydrogen-bond donors (Lipinski definition) is 0. The van der Waals surface area contributed by atoms with Gasteiger partial charge in [0.15, 0.2) is 5.16 Å². The van der Waals surface area contributed by atoms with Crippen LogP contribution >= 0.6 is 24.0 Å². The first-order valence-electron chi connectivity index (χ1n) is 4.77. The van der Waals surface area contributed by atoms with E-state index in [-0.39, 0.29) is 0 Å². The molecule has 0 radical (unpaired) electrons. The number of aromatic nitrogens is 3. The summed E-state index contributed by atoms with van der Waals surface area (Å²) in [7, 11) is 1.91. The van der Waals surface area contributed by atoms with Gasteiger partial charge in [0.1, 0.15) is 10.3 Å². The monoisotopic (exact) mass is 249 g/mol. The molecule has 0 fully saturated rings. The van der Waals surface area contributed by atoms with Crippen LogP contribution in [0, 0.1) is 4.64 Å². The Morgan fingerprint density at radius 2 is 1.88 bits per heavy atom. The molecule has 1 heterocycles. The average Bonchev–Trinajstić information content (AvgIpc) is 2.34. The standard InChI is InChI=1S/C11H11N3S2/c1-14-10(15)9(12-13-11(14)16-2)8-6-4-3-5-7-8/h3-7H,1-2H3. The minimum Gasteiger partial charge on any atom is -0.312 e. The summed E-state index contributed by atoms with van der Waals surface area (Å²) in [6, 6.07) is 9.87. The normalized spacial score (nSPS) is 10.4. The summed E-state index contributed by atoms with van der Waals surface area (Å²) in [6.07, 6.45) is 1.96. The van der Waals surface area contributed by atoms with Crippen molar-refractivity contribution in [2.45, 2.75) is 5.16 Å². The topological polar surface area (TPSA) is 30.7 Å². The molecule has 0 aliphatic carbocycles.